The van der Waals surface area contributed by atoms with Crippen molar-refractivity contribution in [1.82, 2.24) is 0 Å². The number of carboxylic acid groups (broad SMARTS) is 1. The molecule has 0 unspecified atom stereocenters. The second-order valence-corrected chi connectivity index (χ2v) is 3.29. The number of rotatable bonds is 5. The van der Waals surface area contributed by atoms with E-state index >= 15 is 0 Å². The van der Waals surface area contributed by atoms with Crippen LogP contribution in [0.2, 0.25) is 0 Å². The fourth-order valence-electron chi connectivity index (χ4n) is 1.20. The van der Waals surface area contributed by atoms with Gasteiger partial charge in [0.1, 0.15) is 0 Å². The smallest absolute Gasteiger partial charge is 0.371 e. The van der Waals surface area contributed by atoms with E-state index in [1.165, 1.54) is 0 Å². The minimum absolute atomic E-state index is 0.182. The molecule has 0 aromatic heterocycles. The van der Waals surface area contributed by atoms with Crippen LogP contribution in [0.1, 0.15) is 12.0 Å². The fraction of sp³-hybridized carbons (Fsp3) is 0.167. The van der Waals surface area contributed by atoms with Gasteiger partial charge in [0, 0.05) is 12.5 Å². The summed E-state index contributed by atoms with van der Waals surface area (Å²) in [4.78, 5) is 21.5. The second kappa shape index (κ2) is 5.70. The summed E-state index contributed by atoms with van der Waals surface area (Å²) >= 11 is 0. The first-order valence-corrected chi connectivity index (χ1v) is 4.80. The number of aliphatic hydroxyl groups excluding tert-OH is 1. The molecule has 0 fully saturated rings. The van der Waals surface area contributed by atoms with Crippen LogP contribution in [0.25, 0.3) is 0 Å². The Balaban J connectivity index is 2.48. The molecule has 2 N–H and O–H groups in total. The number of carbonyl (C=O) groups excluding carboxylic acids is 1. The normalized spacial score (nSPS) is 11.1. The van der Waals surface area contributed by atoms with Gasteiger partial charge in [0.15, 0.2) is 5.78 Å². The number of benzene rings is 1. The van der Waals surface area contributed by atoms with Crippen molar-refractivity contribution in [2.75, 3.05) is 0 Å². The summed E-state index contributed by atoms with van der Waals surface area (Å²) in [6, 6.07) is 9.37. The maximum Gasteiger partial charge on any atom is 0.371 e. The Morgan fingerprint density at radius 3 is 2.31 bits per heavy atom. The molecule has 0 amide bonds. The Bertz CT molecular complexity index is 406. The highest BCUT2D eigenvalue weighted by molar-refractivity contribution is 5.97. The molecule has 0 saturated heterocycles. The lowest BCUT2D eigenvalue weighted by Gasteiger charge is -1.98. The Kier molecular flexibility index (Phi) is 4.27. The van der Waals surface area contributed by atoms with Gasteiger partial charge >= 0.3 is 5.97 Å². The van der Waals surface area contributed by atoms with E-state index in [9.17, 15) is 9.59 Å². The Morgan fingerprint density at radius 2 is 1.75 bits per heavy atom. The van der Waals surface area contributed by atoms with Crippen LogP contribution < -0.4 is 0 Å². The number of aryl methyl sites for hydroxylation is 1. The number of carboxylic acids is 1. The Labute approximate surface area is 92.8 Å². The average Bonchev–Trinajstić information content (AvgIpc) is 2.27. The molecular formula is C12H12O4. The van der Waals surface area contributed by atoms with E-state index in [2.05, 4.69) is 0 Å². The largest absolute Gasteiger partial charge is 0.502 e. The van der Waals surface area contributed by atoms with Gasteiger partial charge < -0.3 is 10.2 Å². The molecule has 0 atom stereocenters. The van der Waals surface area contributed by atoms with Crippen LogP contribution in [-0.4, -0.2) is 22.0 Å². The second-order valence-electron chi connectivity index (χ2n) is 3.29. The predicted octanol–water partition coefficient (Wildman–Crippen LogP) is 1.71. The molecule has 4 heteroatoms. The molecular weight excluding hydrogens is 208 g/mol. The van der Waals surface area contributed by atoms with Crippen LogP contribution in [0.3, 0.4) is 0 Å². The molecule has 0 aliphatic heterocycles. The molecule has 0 bridgehead atoms. The quantitative estimate of drug-likeness (QED) is 0.585. The number of hydrogen-bond donors (Lipinski definition) is 2. The van der Waals surface area contributed by atoms with Gasteiger partial charge in [-0.2, -0.15) is 0 Å². The topological polar surface area (TPSA) is 74.6 Å². The summed E-state index contributed by atoms with van der Waals surface area (Å²) in [5, 5.41) is 17.2. The first-order chi connectivity index (χ1) is 7.59. The molecule has 84 valence electrons. The molecule has 4 nitrogen and oxygen atoms in total. The van der Waals surface area contributed by atoms with Crippen molar-refractivity contribution >= 4 is 11.8 Å². The number of carbonyl (C=O) groups is 2. The third-order valence-corrected chi connectivity index (χ3v) is 2.02. The summed E-state index contributed by atoms with van der Waals surface area (Å²) in [5.41, 5.74) is 0.999. The van der Waals surface area contributed by atoms with Crippen molar-refractivity contribution in [1.29, 1.82) is 0 Å². The number of ketones is 1. The van der Waals surface area contributed by atoms with Crippen LogP contribution in [0, 0.1) is 0 Å². The molecule has 0 aliphatic rings. The highest BCUT2D eigenvalue weighted by Gasteiger charge is 2.07. The summed E-state index contributed by atoms with van der Waals surface area (Å²) in [6.07, 6.45) is 1.45. The molecule has 0 aliphatic carbocycles. The minimum atomic E-state index is -1.49. The lowest BCUT2D eigenvalue weighted by Crippen LogP contribution is -2.04. The van der Waals surface area contributed by atoms with Gasteiger partial charge in [-0.25, -0.2) is 4.79 Å². The average molecular weight is 220 g/mol. The van der Waals surface area contributed by atoms with Crippen LogP contribution in [0.5, 0.6) is 0 Å². The van der Waals surface area contributed by atoms with E-state index in [4.69, 9.17) is 10.2 Å². The molecule has 16 heavy (non-hydrogen) atoms. The summed E-state index contributed by atoms with van der Waals surface area (Å²) in [5.74, 6) is -2.81. The molecule has 1 aromatic carbocycles. The van der Waals surface area contributed by atoms with Crippen molar-refractivity contribution in [3.05, 3.63) is 47.7 Å². The zero-order valence-electron chi connectivity index (χ0n) is 8.59. The summed E-state index contributed by atoms with van der Waals surface area (Å²) in [6.45, 7) is 0. The summed E-state index contributed by atoms with van der Waals surface area (Å²) < 4.78 is 0. The number of aliphatic carboxylic acids is 1. The Morgan fingerprint density at radius 1 is 1.12 bits per heavy atom. The zero-order chi connectivity index (χ0) is 12.0. The van der Waals surface area contributed by atoms with Gasteiger partial charge in [-0.15, -0.1) is 0 Å². The number of hydrogen-bond acceptors (Lipinski definition) is 3. The first-order valence-electron chi connectivity index (χ1n) is 4.80. The van der Waals surface area contributed by atoms with Crippen LogP contribution in [-0.2, 0) is 16.0 Å². The van der Waals surface area contributed by atoms with Gasteiger partial charge in [-0.1, -0.05) is 30.3 Å². The van der Waals surface area contributed by atoms with Gasteiger partial charge in [0.2, 0.25) is 5.76 Å². The maximum atomic E-state index is 11.2. The molecule has 0 spiro atoms. The maximum absolute atomic E-state index is 11.2. The van der Waals surface area contributed by atoms with Crippen molar-refractivity contribution in [2.45, 2.75) is 12.8 Å². The lowest BCUT2D eigenvalue weighted by molar-refractivity contribution is -0.135. The minimum Gasteiger partial charge on any atom is -0.502 e. The van der Waals surface area contributed by atoms with E-state index in [0.717, 1.165) is 11.6 Å². The lowest BCUT2D eigenvalue weighted by atomic mass is 10.1. The van der Waals surface area contributed by atoms with Crippen LogP contribution in [0.15, 0.2) is 42.2 Å². The molecule has 1 aromatic rings. The molecule has 0 heterocycles. The number of allylic oxidation sites excluding steroid dienone is 1. The molecule has 1 rings (SSSR count). The zero-order valence-corrected chi connectivity index (χ0v) is 8.59. The van der Waals surface area contributed by atoms with E-state index < -0.39 is 17.5 Å². The van der Waals surface area contributed by atoms with Crippen LogP contribution in [0.4, 0.5) is 0 Å². The van der Waals surface area contributed by atoms with Gasteiger partial charge in [0.05, 0.1) is 0 Å². The Hall–Kier alpha value is -2.10. The van der Waals surface area contributed by atoms with Crippen molar-refractivity contribution < 1.29 is 19.8 Å². The van der Waals surface area contributed by atoms with Gasteiger partial charge in [0.25, 0.3) is 0 Å². The van der Waals surface area contributed by atoms with Crippen molar-refractivity contribution in [3.63, 3.8) is 0 Å². The highest BCUT2D eigenvalue weighted by Crippen LogP contribution is 2.03. The monoisotopic (exact) mass is 220 g/mol. The molecule has 0 saturated carbocycles. The van der Waals surface area contributed by atoms with Gasteiger partial charge in [-0.3, -0.25) is 4.79 Å². The fourth-order valence-corrected chi connectivity index (χ4v) is 1.20. The number of aliphatic hydroxyl groups is 1. The van der Waals surface area contributed by atoms with Crippen molar-refractivity contribution in [2.24, 2.45) is 0 Å². The third-order valence-electron chi connectivity index (χ3n) is 2.02. The van der Waals surface area contributed by atoms with Crippen molar-refractivity contribution in [3.8, 4) is 0 Å². The summed E-state index contributed by atoms with van der Waals surface area (Å²) in [7, 11) is 0. The van der Waals surface area contributed by atoms with Gasteiger partial charge in [-0.05, 0) is 12.0 Å². The SMILES string of the molecule is O=C(/C=C(\O)C(=O)O)CCc1ccccc1. The van der Waals surface area contributed by atoms with E-state index in [-0.39, 0.29) is 6.42 Å². The van der Waals surface area contributed by atoms with E-state index in [1.807, 2.05) is 30.3 Å². The van der Waals surface area contributed by atoms with Crippen LogP contribution >= 0.6 is 0 Å². The first kappa shape index (κ1) is 12.0. The predicted molar refractivity (Wildman–Crippen MR) is 58.1 cm³/mol. The standard InChI is InChI=1S/C12H12O4/c13-10(8-11(14)12(15)16)7-6-9-4-2-1-3-5-9/h1-5,8,14H,6-7H2,(H,15,16)/b11-8-. The van der Waals surface area contributed by atoms with E-state index in [0.29, 0.717) is 6.42 Å². The van der Waals surface area contributed by atoms with E-state index in [1.54, 1.807) is 0 Å². The highest BCUT2D eigenvalue weighted by atomic mass is 16.4. The molecule has 0 radical (unpaired) electrons. The third kappa shape index (κ3) is 3.96.